The standard InChI is InChI=1S/C33H52N4O6Si2/c1-22(16-23-12-14-25(15-13-23)40-21-28-30(31(34)39)37-43-36-28)35-20-29(38)24-17-26(41-44(8,9)32(2,3)4)19-27(18-24)42-45(10,11)33(5,6)7/h12-15,17-19,22,29,35,38H,16,20-21H2,1-11H3,(H2,34,39). The molecule has 1 aromatic heterocycles. The van der Waals surface area contributed by atoms with Crippen LogP contribution in [0.2, 0.25) is 36.3 Å². The van der Waals surface area contributed by atoms with E-state index in [1.54, 1.807) is 0 Å². The van der Waals surface area contributed by atoms with Crippen molar-refractivity contribution < 1.29 is 28.1 Å². The third-order valence-corrected chi connectivity index (χ3v) is 17.7. The Morgan fingerprint density at radius 3 is 1.93 bits per heavy atom. The van der Waals surface area contributed by atoms with Gasteiger partial charge in [0.1, 0.15) is 23.9 Å². The van der Waals surface area contributed by atoms with E-state index in [0.717, 1.165) is 29.0 Å². The lowest BCUT2D eigenvalue weighted by molar-refractivity contribution is 0.0989. The highest BCUT2D eigenvalue weighted by atomic mass is 28.4. The summed E-state index contributed by atoms with van der Waals surface area (Å²) in [5.41, 5.74) is 7.35. The molecular formula is C33H52N4O6Si2. The van der Waals surface area contributed by atoms with Crippen molar-refractivity contribution in [2.24, 2.45) is 5.73 Å². The van der Waals surface area contributed by atoms with E-state index in [1.165, 1.54) is 0 Å². The number of aliphatic hydroxyl groups excluding tert-OH is 1. The minimum Gasteiger partial charge on any atom is -0.543 e. The molecule has 45 heavy (non-hydrogen) atoms. The summed E-state index contributed by atoms with van der Waals surface area (Å²) >= 11 is 0. The van der Waals surface area contributed by atoms with Crippen LogP contribution in [0.3, 0.4) is 0 Å². The van der Waals surface area contributed by atoms with E-state index < -0.39 is 28.6 Å². The molecule has 0 radical (unpaired) electrons. The van der Waals surface area contributed by atoms with Crippen LogP contribution in [0.15, 0.2) is 47.1 Å². The van der Waals surface area contributed by atoms with Gasteiger partial charge in [-0.15, -0.1) is 0 Å². The van der Waals surface area contributed by atoms with Crippen LogP contribution >= 0.6 is 0 Å². The SMILES string of the molecule is CC(Cc1ccc(OCc2nonc2C(N)=O)cc1)NCC(O)c1cc(O[Si](C)(C)C(C)(C)C)cc(O[Si](C)(C)C(C)(C)C)c1. The van der Waals surface area contributed by atoms with Gasteiger partial charge in [-0.05, 0) is 90.2 Å². The lowest BCUT2D eigenvalue weighted by Gasteiger charge is -2.38. The largest absolute Gasteiger partial charge is 0.543 e. The van der Waals surface area contributed by atoms with E-state index in [1.807, 2.05) is 42.5 Å². The first-order valence-electron chi connectivity index (χ1n) is 15.5. The van der Waals surface area contributed by atoms with Gasteiger partial charge >= 0.3 is 0 Å². The van der Waals surface area contributed by atoms with Crippen molar-refractivity contribution in [3.05, 3.63) is 65.0 Å². The number of aliphatic hydroxyl groups is 1. The maximum absolute atomic E-state index is 11.4. The quantitative estimate of drug-likeness (QED) is 0.160. The Bertz CT molecular complexity index is 1380. The summed E-state index contributed by atoms with van der Waals surface area (Å²) in [6.07, 6.45) is 0.00424. The molecule has 10 nitrogen and oxygen atoms in total. The zero-order valence-electron chi connectivity index (χ0n) is 28.8. The van der Waals surface area contributed by atoms with Gasteiger partial charge in [-0.25, -0.2) is 4.63 Å². The van der Waals surface area contributed by atoms with Gasteiger partial charge in [0.2, 0.25) is 16.6 Å². The number of rotatable bonds is 14. The summed E-state index contributed by atoms with van der Waals surface area (Å²) in [6, 6.07) is 13.7. The highest BCUT2D eigenvalue weighted by molar-refractivity contribution is 6.75. The molecule has 0 fully saturated rings. The number of benzene rings is 2. The molecule has 0 aliphatic carbocycles. The summed E-state index contributed by atoms with van der Waals surface area (Å²) in [4.78, 5) is 11.4. The number of carbonyl (C=O) groups excluding carboxylic acids is 1. The number of hydrogen-bond donors (Lipinski definition) is 3. The average Bonchev–Trinajstić information content (AvgIpc) is 3.38. The van der Waals surface area contributed by atoms with Crippen molar-refractivity contribution in [2.45, 2.75) is 110 Å². The summed E-state index contributed by atoms with van der Waals surface area (Å²) in [5.74, 6) is 1.38. The van der Waals surface area contributed by atoms with Crippen molar-refractivity contribution in [2.75, 3.05) is 6.54 Å². The number of hydrogen-bond acceptors (Lipinski definition) is 9. The Hall–Kier alpha value is -3.20. The Morgan fingerprint density at radius 1 is 0.911 bits per heavy atom. The third-order valence-electron chi connectivity index (χ3n) is 8.94. The first-order valence-corrected chi connectivity index (χ1v) is 21.3. The monoisotopic (exact) mass is 656 g/mol. The second kappa shape index (κ2) is 14.1. The van der Waals surface area contributed by atoms with E-state index in [0.29, 0.717) is 12.3 Å². The van der Waals surface area contributed by atoms with Crippen LogP contribution in [0.4, 0.5) is 0 Å². The van der Waals surface area contributed by atoms with Crippen LogP contribution in [-0.2, 0) is 13.0 Å². The molecule has 0 spiro atoms. The van der Waals surface area contributed by atoms with Crippen LogP contribution in [0, 0.1) is 0 Å². The Labute approximate surface area is 270 Å². The van der Waals surface area contributed by atoms with Crippen LogP contribution < -0.4 is 24.6 Å². The first kappa shape index (κ1) is 36.3. The second-order valence-electron chi connectivity index (χ2n) is 14.8. The molecule has 1 amide bonds. The summed E-state index contributed by atoms with van der Waals surface area (Å²) in [7, 11) is -4.22. The van der Waals surface area contributed by atoms with E-state index in [4.69, 9.17) is 19.3 Å². The summed E-state index contributed by atoms with van der Waals surface area (Å²) in [5, 5.41) is 22.0. The van der Waals surface area contributed by atoms with E-state index in [9.17, 15) is 9.90 Å². The van der Waals surface area contributed by atoms with Gasteiger partial charge in [0.15, 0.2) is 11.4 Å². The minimum atomic E-state index is -2.11. The van der Waals surface area contributed by atoms with Crippen LogP contribution in [0.1, 0.15) is 81.9 Å². The molecular weight excluding hydrogens is 605 g/mol. The Kier molecular flexibility index (Phi) is 11.3. The van der Waals surface area contributed by atoms with Gasteiger partial charge in [-0.3, -0.25) is 4.79 Å². The number of nitrogens with two attached hydrogens (primary N) is 1. The predicted molar refractivity (Wildman–Crippen MR) is 182 cm³/mol. The second-order valence-corrected chi connectivity index (χ2v) is 24.3. The van der Waals surface area contributed by atoms with E-state index in [2.05, 4.69) is 94.9 Å². The van der Waals surface area contributed by atoms with Crippen molar-refractivity contribution in [3.63, 3.8) is 0 Å². The zero-order valence-corrected chi connectivity index (χ0v) is 30.8. The Balaban J connectivity index is 1.66. The molecule has 4 N–H and O–H groups in total. The molecule has 1 heterocycles. The van der Waals surface area contributed by atoms with Gasteiger partial charge in [0.25, 0.3) is 5.91 Å². The minimum absolute atomic E-state index is 0.0156. The van der Waals surface area contributed by atoms with Gasteiger partial charge in [0, 0.05) is 18.7 Å². The molecule has 2 atom stereocenters. The molecule has 12 heteroatoms. The zero-order chi connectivity index (χ0) is 33.8. The van der Waals surface area contributed by atoms with E-state index >= 15 is 0 Å². The van der Waals surface area contributed by atoms with Crippen molar-refractivity contribution in [1.82, 2.24) is 15.6 Å². The first-order chi connectivity index (χ1) is 20.7. The maximum atomic E-state index is 11.4. The molecule has 0 aliphatic rings. The molecule has 2 unspecified atom stereocenters. The molecule has 248 valence electrons. The number of nitrogens with zero attached hydrogens (tertiary/aromatic N) is 2. The molecule has 0 saturated carbocycles. The average molecular weight is 657 g/mol. The molecule has 0 saturated heterocycles. The Morgan fingerprint density at radius 2 is 1.44 bits per heavy atom. The van der Waals surface area contributed by atoms with Gasteiger partial charge in [0.05, 0.1) is 6.10 Å². The highest BCUT2D eigenvalue weighted by Crippen LogP contribution is 2.41. The van der Waals surface area contributed by atoms with Crippen LogP contribution in [-0.4, -0.2) is 50.5 Å². The topological polar surface area (TPSA) is 142 Å². The summed E-state index contributed by atoms with van der Waals surface area (Å²) < 4.78 is 23.6. The van der Waals surface area contributed by atoms with E-state index in [-0.39, 0.29) is 34.1 Å². The normalized spacial score (nSPS) is 14.1. The molecule has 2 aromatic carbocycles. The number of aromatic nitrogens is 2. The highest BCUT2D eigenvalue weighted by Gasteiger charge is 2.41. The number of nitrogens with one attached hydrogen (secondary N) is 1. The third kappa shape index (κ3) is 9.89. The fraction of sp³-hybridized carbons (Fsp3) is 0.545. The van der Waals surface area contributed by atoms with Gasteiger partial charge < -0.3 is 29.7 Å². The number of ether oxygens (including phenoxy) is 1. The summed E-state index contributed by atoms with van der Waals surface area (Å²) in [6.45, 7) is 24.7. The number of primary amides is 1. The molecule has 3 rings (SSSR count). The predicted octanol–water partition coefficient (Wildman–Crippen LogP) is 6.77. The van der Waals surface area contributed by atoms with Gasteiger partial charge in [-0.2, -0.15) is 0 Å². The molecule has 0 bridgehead atoms. The van der Waals surface area contributed by atoms with Crippen molar-refractivity contribution in [3.8, 4) is 17.2 Å². The van der Waals surface area contributed by atoms with Crippen molar-refractivity contribution in [1.29, 1.82) is 0 Å². The van der Waals surface area contributed by atoms with Crippen LogP contribution in [0.5, 0.6) is 17.2 Å². The fourth-order valence-electron chi connectivity index (χ4n) is 4.02. The fourth-order valence-corrected chi connectivity index (χ4v) is 6.04. The maximum Gasteiger partial charge on any atom is 0.273 e. The molecule has 0 aliphatic heterocycles. The molecule has 3 aromatic rings. The number of carbonyl (C=O) groups is 1. The smallest absolute Gasteiger partial charge is 0.273 e. The lowest BCUT2D eigenvalue weighted by Crippen LogP contribution is -2.44. The lowest BCUT2D eigenvalue weighted by atomic mass is 10.1. The number of amides is 1. The van der Waals surface area contributed by atoms with Gasteiger partial charge in [-0.1, -0.05) is 58.8 Å². The van der Waals surface area contributed by atoms with Crippen LogP contribution in [0.25, 0.3) is 0 Å². The van der Waals surface area contributed by atoms with Crippen molar-refractivity contribution >= 4 is 22.5 Å².